The topological polar surface area (TPSA) is 24.5 Å². The molecule has 0 aromatic carbocycles. The molecule has 2 aliphatic heterocycles. The summed E-state index contributed by atoms with van der Waals surface area (Å²) in [5, 5.41) is 3.34. The van der Waals surface area contributed by atoms with Crippen molar-refractivity contribution < 1.29 is 4.74 Å². The molecule has 1 unspecified atom stereocenters. The smallest absolute Gasteiger partial charge is 0.0622 e. The van der Waals surface area contributed by atoms with Crippen LogP contribution in [0.5, 0.6) is 0 Å². The van der Waals surface area contributed by atoms with E-state index in [1.165, 1.54) is 32.5 Å². The second kappa shape index (κ2) is 4.40. The van der Waals surface area contributed by atoms with Crippen LogP contribution in [0.15, 0.2) is 0 Å². The van der Waals surface area contributed by atoms with Crippen molar-refractivity contribution in [1.82, 2.24) is 10.2 Å². The molecule has 0 saturated carbocycles. The highest BCUT2D eigenvalue weighted by Crippen LogP contribution is 2.17. The Bertz CT molecular complexity index is 153. The van der Waals surface area contributed by atoms with E-state index in [9.17, 15) is 0 Å². The van der Waals surface area contributed by atoms with E-state index in [-0.39, 0.29) is 0 Å². The normalized spacial score (nSPS) is 29.5. The minimum atomic E-state index is 0.701. The molecule has 2 saturated heterocycles. The van der Waals surface area contributed by atoms with E-state index in [1.54, 1.807) is 0 Å². The Labute approximate surface area is 80.4 Å². The quantitative estimate of drug-likeness (QED) is 0.687. The first-order valence-corrected chi connectivity index (χ1v) is 5.46. The maximum absolute atomic E-state index is 5.44. The van der Waals surface area contributed by atoms with Crippen LogP contribution >= 0.6 is 0 Å². The van der Waals surface area contributed by atoms with E-state index in [1.807, 2.05) is 0 Å². The molecule has 2 heterocycles. The second-order valence-corrected chi connectivity index (χ2v) is 4.07. The van der Waals surface area contributed by atoms with Crippen molar-refractivity contribution in [2.75, 3.05) is 32.8 Å². The number of rotatable bonds is 4. The number of ether oxygens (including phenoxy) is 1. The van der Waals surface area contributed by atoms with Gasteiger partial charge in [-0.3, -0.25) is 4.90 Å². The lowest BCUT2D eigenvalue weighted by atomic mass is 10.1. The molecule has 0 aromatic heterocycles. The van der Waals surface area contributed by atoms with Crippen LogP contribution in [0.2, 0.25) is 0 Å². The van der Waals surface area contributed by atoms with Gasteiger partial charge in [-0.25, -0.2) is 0 Å². The van der Waals surface area contributed by atoms with Crippen LogP contribution in [0.3, 0.4) is 0 Å². The molecule has 0 bridgehead atoms. The summed E-state index contributed by atoms with van der Waals surface area (Å²) < 4.78 is 5.44. The second-order valence-electron chi connectivity index (χ2n) is 4.07. The molecular weight excluding hydrogens is 164 g/mol. The summed E-state index contributed by atoms with van der Waals surface area (Å²) in [5.41, 5.74) is 0. The lowest BCUT2D eigenvalue weighted by Crippen LogP contribution is -2.60. The van der Waals surface area contributed by atoms with Gasteiger partial charge in [-0.05, 0) is 19.4 Å². The predicted molar refractivity (Wildman–Crippen MR) is 52.9 cm³/mol. The Kier molecular flexibility index (Phi) is 3.19. The molecule has 2 aliphatic rings. The van der Waals surface area contributed by atoms with Crippen molar-refractivity contribution in [3.63, 3.8) is 0 Å². The van der Waals surface area contributed by atoms with Crippen LogP contribution in [0, 0.1) is 0 Å². The van der Waals surface area contributed by atoms with Crippen LogP contribution < -0.4 is 5.32 Å². The van der Waals surface area contributed by atoms with Crippen molar-refractivity contribution in [1.29, 1.82) is 0 Å². The first-order valence-electron chi connectivity index (χ1n) is 5.46. The highest BCUT2D eigenvalue weighted by molar-refractivity contribution is 4.89. The van der Waals surface area contributed by atoms with E-state index >= 15 is 0 Å². The molecule has 0 aliphatic carbocycles. The van der Waals surface area contributed by atoms with E-state index in [0.717, 1.165) is 19.3 Å². The van der Waals surface area contributed by atoms with Gasteiger partial charge in [-0.15, -0.1) is 0 Å². The lowest BCUT2D eigenvalue weighted by Gasteiger charge is -2.41. The van der Waals surface area contributed by atoms with Crippen LogP contribution in [-0.4, -0.2) is 49.8 Å². The summed E-state index contributed by atoms with van der Waals surface area (Å²) in [6.07, 6.45) is 2.49. The monoisotopic (exact) mass is 184 g/mol. The molecule has 2 fully saturated rings. The Morgan fingerprint density at radius 3 is 2.69 bits per heavy atom. The Hall–Kier alpha value is -0.120. The maximum Gasteiger partial charge on any atom is 0.0622 e. The highest BCUT2D eigenvalue weighted by atomic mass is 16.5. The Morgan fingerprint density at radius 2 is 2.23 bits per heavy atom. The van der Waals surface area contributed by atoms with E-state index < -0.39 is 0 Å². The zero-order chi connectivity index (χ0) is 9.10. The van der Waals surface area contributed by atoms with Crippen molar-refractivity contribution in [3.05, 3.63) is 0 Å². The third-order valence-corrected chi connectivity index (χ3v) is 3.09. The molecule has 3 heteroatoms. The van der Waals surface area contributed by atoms with Gasteiger partial charge in [0.2, 0.25) is 0 Å². The molecule has 1 N–H and O–H groups in total. The standard InChI is InChI=1S/C10H20N2O/c1-2-4-12(10-6-11-7-10)9-3-5-13-8-9/h9-11H,2-8H2,1H3. The summed E-state index contributed by atoms with van der Waals surface area (Å²) in [5.74, 6) is 0. The molecule has 76 valence electrons. The Balaban J connectivity index is 1.86. The molecule has 0 amide bonds. The van der Waals surface area contributed by atoms with Crippen molar-refractivity contribution in [2.45, 2.75) is 31.8 Å². The molecular formula is C10H20N2O. The molecule has 0 aromatic rings. The third kappa shape index (κ3) is 2.03. The minimum Gasteiger partial charge on any atom is -0.380 e. The number of hydrogen-bond acceptors (Lipinski definition) is 3. The SMILES string of the molecule is CCCN(C1CNC1)C1CCOC1. The number of nitrogens with one attached hydrogen (secondary N) is 1. The van der Waals surface area contributed by atoms with E-state index in [4.69, 9.17) is 4.74 Å². The lowest BCUT2D eigenvalue weighted by molar-refractivity contribution is 0.0809. The van der Waals surface area contributed by atoms with Crippen LogP contribution in [-0.2, 0) is 4.74 Å². The van der Waals surface area contributed by atoms with Gasteiger partial charge in [-0.1, -0.05) is 6.92 Å². The van der Waals surface area contributed by atoms with E-state index in [2.05, 4.69) is 17.1 Å². The van der Waals surface area contributed by atoms with Crippen molar-refractivity contribution in [3.8, 4) is 0 Å². The van der Waals surface area contributed by atoms with Crippen LogP contribution in [0.25, 0.3) is 0 Å². The molecule has 1 atom stereocenters. The summed E-state index contributed by atoms with van der Waals surface area (Å²) in [4.78, 5) is 2.64. The first kappa shape index (κ1) is 9.44. The molecule has 0 spiro atoms. The summed E-state index contributed by atoms with van der Waals surface area (Å²) in [6.45, 7) is 7.77. The summed E-state index contributed by atoms with van der Waals surface area (Å²) in [6, 6.07) is 1.48. The average Bonchev–Trinajstić information content (AvgIpc) is 2.51. The van der Waals surface area contributed by atoms with Gasteiger partial charge in [0.05, 0.1) is 6.61 Å². The minimum absolute atomic E-state index is 0.701. The first-order chi connectivity index (χ1) is 6.42. The van der Waals surface area contributed by atoms with Gasteiger partial charge in [-0.2, -0.15) is 0 Å². The Morgan fingerprint density at radius 1 is 1.38 bits per heavy atom. The van der Waals surface area contributed by atoms with Gasteiger partial charge in [0.15, 0.2) is 0 Å². The summed E-state index contributed by atoms with van der Waals surface area (Å²) in [7, 11) is 0. The average molecular weight is 184 g/mol. The molecule has 13 heavy (non-hydrogen) atoms. The largest absolute Gasteiger partial charge is 0.380 e. The van der Waals surface area contributed by atoms with Crippen LogP contribution in [0.4, 0.5) is 0 Å². The van der Waals surface area contributed by atoms with Crippen molar-refractivity contribution >= 4 is 0 Å². The zero-order valence-electron chi connectivity index (χ0n) is 8.46. The number of nitrogens with zero attached hydrogens (tertiary/aromatic N) is 1. The summed E-state index contributed by atoms with van der Waals surface area (Å²) >= 11 is 0. The van der Waals surface area contributed by atoms with Crippen molar-refractivity contribution in [2.24, 2.45) is 0 Å². The van der Waals surface area contributed by atoms with Crippen LogP contribution in [0.1, 0.15) is 19.8 Å². The molecule has 3 nitrogen and oxygen atoms in total. The zero-order valence-corrected chi connectivity index (χ0v) is 8.46. The highest BCUT2D eigenvalue weighted by Gasteiger charge is 2.31. The van der Waals surface area contributed by atoms with E-state index in [0.29, 0.717) is 6.04 Å². The predicted octanol–water partition coefficient (Wildman–Crippen LogP) is 0.459. The fourth-order valence-corrected chi connectivity index (χ4v) is 2.21. The molecule has 2 rings (SSSR count). The van der Waals surface area contributed by atoms with Gasteiger partial charge >= 0.3 is 0 Å². The van der Waals surface area contributed by atoms with Gasteiger partial charge in [0, 0.05) is 31.8 Å². The fourth-order valence-electron chi connectivity index (χ4n) is 2.21. The van der Waals surface area contributed by atoms with Gasteiger partial charge in [0.25, 0.3) is 0 Å². The third-order valence-electron chi connectivity index (χ3n) is 3.09. The number of hydrogen-bond donors (Lipinski definition) is 1. The molecule has 0 radical (unpaired) electrons. The fraction of sp³-hybridized carbons (Fsp3) is 1.00. The van der Waals surface area contributed by atoms with Gasteiger partial charge < -0.3 is 10.1 Å². The maximum atomic E-state index is 5.44. The van der Waals surface area contributed by atoms with Gasteiger partial charge in [0.1, 0.15) is 0 Å².